The molecule has 2 heteroatoms. The third-order valence-corrected chi connectivity index (χ3v) is 3.41. The molecule has 0 aromatic rings. The van der Waals surface area contributed by atoms with Gasteiger partial charge in [0.1, 0.15) is 0 Å². The standard InChI is InChI=1S/C10H20IN/c11-7-3-4-8-12-9-10-5-1-2-6-10/h10,12H,1-9H2. The maximum Gasteiger partial charge on any atom is -0.000426 e. The van der Waals surface area contributed by atoms with Gasteiger partial charge in [0.2, 0.25) is 0 Å². The summed E-state index contributed by atoms with van der Waals surface area (Å²) in [6.45, 7) is 2.51. The van der Waals surface area contributed by atoms with Crippen molar-refractivity contribution in [1.29, 1.82) is 0 Å². The molecule has 0 heterocycles. The van der Waals surface area contributed by atoms with Crippen LogP contribution in [0.3, 0.4) is 0 Å². The van der Waals surface area contributed by atoms with Gasteiger partial charge >= 0.3 is 0 Å². The van der Waals surface area contributed by atoms with Crippen molar-refractivity contribution in [2.75, 3.05) is 17.5 Å². The molecule has 0 aromatic carbocycles. The Morgan fingerprint density at radius 3 is 2.58 bits per heavy atom. The van der Waals surface area contributed by atoms with Crippen molar-refractivity contribution >= 4 is 22.6 Å². The Labute approximate surface area is 89.8 Å². The zero-order valence-corrected chi connectivity index (χ0v) is 9.98. The van der Waals surface area contributed by atoms with Gasteiger partial charge in [-0.3, -0.25) is 0 Å². The monoisotopic (exact) mass is 281 g/mol. The number of rotatable bonds is 6. The highest BCUT2D eigenvalue weighted by Gasteiger charge is 2.13. The number of hydrogen-bond acceptors (Lipinski definition) is 1. The lowest BCUT2D eigenvalue weighted by molar-refractivity contribution is 0.485. The van der Waals surface area contributed by atoms with E-state index in [0.717, 1.165) is 5.92 Å². The summed E-state index contributed by atoms with van der Waals surface area (Å²) in [5.74, 6) is 1.00. The van der Waals surface area contributed by atoms with E-state index in [1.165, 1.54) is 56.0 Å². The SMILES string of the molecule is ICCCCNCC1CCCC1. The minimum atomic E-state index is 1.00. The molecular weight excluding hydrogens is 261 g/mol. The maximum atomic E-state index is 3.56. The zero-order valence-electron chi connectivity index (χ0n) is 7.82. The molecule has 0 atom stereocenters. The van der Waals surface area contributed by atoms with Crippen molar-refractivity contribution in [2.24, 2.45) is 5.92 Å². The molecule has 0 aliphatic heterocycles. The van der Waals surface area contributed by atoms with E-state index < -0.39 is 0 Å². The molecule has 0 aromatic heterocycles. The van der Waals surface area contributed by atoms with E-state index in [2.05, 4.69) is 27.9 Å². The van der Waals surface area contributed by atoms with Gasteiger partial charge in [0.15, 0.2) is 0 Å². The van der Waals surface area contributed by atoms with E-state index in [4.69, 9.17) is 0 Å². The molecule has 1 aliphatic carbocycles. The van der Waals surface area contributed by atoms with E-state index in [-0.39, 0.29) is 0 Å². The topological polar surface area (TPSA) is 12.0 Å². The summed E-state index contributed by atoms with van der Waals surface area (Å²) in [5, 5.41) is 3.56. The van der Waals surface area contributed by atoms with Gasteiger partial charge in [-0.2, -0.15) is 0 Å². The largest absolute Gasteiger partial charge is 0.316 e. The fourth-order valence-corrected chi connectivity index (χ4v) is 2.40. The summed E-state index contributed by atoms with van der Waals surface area (Å²) >= 11 is 2.45. The van der Waals surface area contributed by atoms with Crippen molar-refractivity contribution in [3.63, 3.8) is 0 Å². The Hall–Kier alpha value is 0.690. The minimum Gasteiger partial charge on any atom is -0.316 e. The van der Waals surface area contributed by atoms with Gasteiger partial charge in [0.25, 0.3) is 0 Å². The van der Waals surface area contributed by atoms with Gasteiger partial charge in [0, 0.05) is 0 Å². The molecule has 0 amide bonds. The van der Waals surface area contributed by atoms with Crippen molar-refractivity contribution in [3.05, 3.63) is 0 Å². The van der Waals surface area contributed by atoms with Crippen LogP contribution in [-0.2, 0) is 0 Å². The second-order valence-electron chi connectivity index (χ2n) is 3.75. The molecule has 0 radical (unpaired) electrons. The lowest BCUT2D eigenvalue weighted by Gasteiger charge is -2.09. The lowest BCUT2D eigenvalue weighted by Crippen LogP contribution is -2.22. The highest BCUT2D eigenvalue weighted by atomic mass is 127. The molecule has 1 rings (SSSR count). The first kappa shape index (κ1) is 10.8. The summed E-state index contributed by atoms with van der Waals surface area (Å²) in [6.07, 6.45) is 8.62. The van der Waals surface area contributed by atoms with E-state index in [9.17, 15) is 0 Å². The summed E-state index contributed by atoms with van der Waals surface area (Å²) in [6, 6.07) is 0. The third-order valence-electron chi connectivity index (χ3n) is 2.64. The van der Waals surface area contributed by atoms with Gasteiger partial charge in [-0.1, -0.05) is 35.4 Å². The molecule has 1 nitrogen and oxygen atoms in total. The first-order valence-corrected chi connectivity index (χ1v) is 6.72. The third kappa shape index (κ3) is 4.65. The number of nitrogens with one attached hydrogen (secondary N) is 1. The molecule has 1 N–H and O–H groups in total. The van der Waals surface area contributed by atoms with Gasteiger partial charge in [-0.05, 0) is 49.1 Å². The molecular formula is C10H20IN. The Morgan fingerprint density at radius 2 is 1.92 bits per heavy atom. The van der Waals surface area contributed by atoms with Crippen LogP contribution in [0, 0.1) is 5.92 Å². The number of halogens is 1. The van der Waals surface area contributed by atoms with Gasteiger partial charge < -0.3 is 5.32 Å². The van der Waals surface area contributed by atoms with Crippen molar-refractivity contribution < 1.29 is 0 Å². The Kier molecular flexibility index (Phi) is 6.40. The normalized spacial score (nSPS) is 18.8. The van der Waals surface area contributed by atoms with Crippen LogP contribution < -0.4 is 5.32 Å². The van der Waals surface area contributed by atoms with Gasteiger partial charge in [-0.15, -0.1) is 0 Å². The number of hydrogen-bond donors (Lipinski definition) is 1. The first-order chi connectivity index (χ1) is 5.93. The van der Waals surface area contributed by atoms with Gasteiger partial charge in [-0.25, -0.2) is 0 Å². The molecule has 0 saturated heterocycles. The van der Waals surface area contributed by atoms with Crippen LogP contribution in [0.5, 0.6) is 0 Å². The average molecular weight is 281 g/mol. The summed E-state index contributed by atoms with van der Waals surface area (Å²) in [7, 11) is 0. The summed E-state index contributed by atoms with van der Waals surface area (Å²) in [5.41, 5.74) is 0. The lowest BCUT2D eigenvalue weighted by atomic mass is 10.1. The second kappa shape index (κ2) is 7.13. The van der Waals surface area contributed by atoms with Crippen LogP contribution in [0.25, 0.3) is 0 Å². The zero-order chi connectivity index (χ0) is 8.65. The van der Waals surface area contributed by atoms with Crippen LogP contribution in [0.4, 0.5) is 0 Å². The molecule has 1 saturated carbocycles. The number of unbranched alkanes of at least 4 members (excludes halogenated alkanes) is 1. The average Bonchev–Trinajstić information content (AvgIpc) is 2.57. The van der Waals surface area contributed by atoms with E-state index in [1.54, 1.807) is 0 Å². The van der Waals surface area contributed by atoms with Crippen molar-refractivity contribution in [3.8, 4) is 0 Å². The van der Waals surface area contributed by atoms with E-state index >= 15 is 0 Å². The maximum absolute atomic E-state index is 3.56. The van der Waals surface area contributed by atoms with Crippen LogP contribution >= 0.6 is 22.6 Å². The Balaban J connectivity index is 1.81. The Bertz CT molecular complexity index is 100. The fourth-order valence-electron chi connectivity index (χ4n) is 1.87. The molecule has 0 bridgehead atoms. The summed E-state index contributed by atoms with van der Waals surface area (Å²) in [4.78, 5) is 0. The fraction of sp³-hybridized carbons (Fsp3) is 1.00. The van der Waals surface area contributed by atoms with Crippen LogP contribution in [-0.4, -0.2) is 17.5 Å². The van der Waals surface area contributed by atoms with Crippen LogP contribution in [0.2, 0.25) is 0 Å². The quantitative estimate of drug-likeness (QED) is 0.448. The van der Waals surface area contributed by atoms with Crippen LogP contribution in [0.1, 0.15) is 38.5 Å². The molecule has 1 aliphatic rings. The highest BCUT2D eigenvalue weighted by molar-refractivity contribution is 14.1. The van der Waals surface area contributed by atoms with Gasteiger partial charge in [0.05, 0.1) is 0 Å². The molecule has 1 fully saturated rings. The number of alkyl halides is 1. The molecule has 0 spiro atoms. The predicted molar refractivity (Wildman–Crippen MR) is 62.9 cm³/mol. The predicted octanol–water partition coefficient (Wildman–Crippen LogP) is 2.98. The van der Waals surface area contributed by atoms with Crippen molar-refractivity contribution in [2.45, 2.75) is 38.5 Å². The highest BCUT2D eigenvalue weighted by Crippen LogP contribution is 2.23. The molecule has 0 unspecified atom stereocenters. The molecule has 12 heavy (non-hydrogen) atoms. The van der Waals surface area contributed by atoms with E-state index in [0.29, 0.717) is 0 Å². The summed E-state index contributed by atoms with van der Waals surface area (Å²) < 4.78 is 1.31. The van der Waals surface area contributed by atoms with Crippen LogP contribution in [0.15, 0.2) is 0 Å². The smallest absolute Gasteiger partial charge is 0.000426 e. The second-order valence-corrected chi connectivity index (χ2v) is 4.83. The first-order valence-electron chi connectivity index (χ1n) is 5.20. The van der Waals surface area contributed by atoms with E-state index in [1.807, 2.05) is 0 Å². The Morgan fingerprint density at radius 1 is 1.17 bits per heavy atom. The van der Waals surface area contributed by atoms with Crippen molar-refractivity contribution in [1.82, 2.24) is 5.32 Å². The molecule has 72 valence electrons. The minimum absolute atomic E-state index is 1.00.